The lowest BCUT2D eigenvalue weighted by Gasteiger charge is -2.36. The lowest BCUT2D eigenvalue weighted by atomic mass is 9.94. The molecule has 0 saturated carbocycles. The van der Waals surface area contributed by atoms with Gasteiger partial charge in [-0.1, -0.05) is 0 Å². The van der Waals surface area contributed by atoms with Crippen molar-refractivity contribution in [2.24, 2.45) is 0 Å². The van der Waals surface area contributed by atoms with Gasteiger partial charge in [0, 0.05) is 55.3 Å². The van der Waals surface area contributed by atoms with Crippen LogP contribution >= 0.6 is 0 Å². The second-order valence-electron chi connectivity index (χ2n) is 10.8. The molecule has 5 heterocycles. The molecular formula is C27H31F4N7O. The van der Waals surface area contributed by atoms with E-state index in [9.17, 15) is 22.7 Å². The Kier molecular flexibility index (Phi) is 6.70. The van der Waals surface area contributed by atoms with E-state index in [1.165, 1.54) is 12.4 Å². The molecule has 3 aromatic rings. The largest absolute Gasteiger partial charge is 0.419 e. The molecule has 8 nitrogen and oxygen atoms in total. The van der Waals surface area contributed by atoms with Crippen LogP contribution in [0, 0.1) is 5.82 Å². The molecule has 2 aromatic heterocycles. The predicted molar refractivity (Wildman–Crippen MR) is 138 cm³/mol. The Labute approximate surface area is 223 Å². The van der Waals surface area contributed by atoms with Gasteiger partial charge in [0.15, 0.2) is 0 Å². The Balaban J connectivity index is 1.29. The molecule has 0 spiro atoms. The number of halogens is 4. The molecule has 2 N–H and O–H groups in total. The number of aliphatic hydroxyl groups excluding tert-OH is 1. The van der Waals surface area contributed by atoms with Crippen LogP contribution in [-0.2, 0) is 12.6 Å². The van der Waals surface area contributed by atoms with Crippen LogP contribution in [0.5, 0.6) is 0 Å². The molecule has 0 aliphatic carbocycles. The fourth-order valence-electron chi connectivity index (χ4n) is 6.15. The maximum atomic E-state index is 14.0. The van der Waals surface area contributed by atoms with Crippen LogP contribution in [0.15, 0.2) is 30.7 Å². The molecule has 12 heteroatoms. The Morgan fingerprint density at radius 1 is 1.08 bits per heavy atom. The van der Waals surface area contributed by atoms with Crippen molar-refractivity contribution >= 4 is 11.6 Å². The molecule has 39 heavy (non-hydrogen) atoms. The van der Waals surface area contributed by atoms with E-state index >= 15 is 0 Å². The molecule has 0 amide bonds. The summed E-state index contributed by atoms with van der Waals surface area (Å²) in [6.07, 6.45) is 1.94. The van der Waals surface area contributed by atoms with Gasteiger partial charge < -0.3 is 24.8 Å². The van der Waals surface area contributed by atoms with E-state index in [0.29, 0.717) is 17.9 Å². The first kappa shape index (κ1) is 26.0. The van der Waals surface area contributed by atoms with E-state index in [1.54, 1.807) is 0 Å². The Morgan fingerprint density at radius 3 is 2.62 bits per heavy atom. The summed E-state index contributed by atoms with van der Waals surface area (Å²) in [5.74, 6) is 1.18. The molecule has 3 aliphatic rings. The third-order valence-electron chi connectivity index (χ3n) is 8.10. The molecule has 2 atom stereocenters. The summed E-state index contributed by atoms with van der Waals surface area (Å²) in [7, 11) is 2.07. The zero-order chi connectivity index (χ0) is 27.3. The minimum atomic E-state index is -4.78. The van der Waals surface area contributed by atoms with E-state index in [2.05, 4.69) is 36.7 Å². The zero-order valence-electron chi connectivity index (χ0n) is 21.6. The summed E-state index contributed by atoms with van der Waals surface area (Å²) in [4.78, 5) is 18.1. The van der Waals surface area contributed by atoms with Gasteiger partial charge in [-0.3, -0.25) is 0 Å². The maximum Gasteiger partial charge on any atom is 0.419 e. The van der Waals surface area contributed by atoms with Gasteiger partial charge in [-0.2, -0.15) is 13.2 Å². The highest BCUT2D eigenvalue weighted by molar-refractivity contribution is 5.63. The number of piperidine rings is 2. The minimum absolute atomic E-state index is 0.114. The summed E-state index contributed by atoms with van der Waals surface area (Å²) in [5.41, 5.74) is 0.320. The number of rotatable bonds is 4. The number of benzene rings is 1. The van der Waals surface area contributed by atoms with E-state index in [0.717, 1.165) is 81.2 Å². The maximum absolute atomic E-state index is 14.0. The Hall–Kier alpha value is -3.25. The molecular weight excluding hydrogens is 514 g/mol. The van der Waals surface area contributed by atoms with Gasteiger partial charge in [0.25, 0.3) is 0 Å². The van der Waals surface area contributed by atoms with Crippen LogP contribution in [0.1, 0.15) is 54.6 Å². The van der Waals surface area contributed by atoms with Crippen LogP contribution in [-0.4, -0.2) is 69.0 Å². The van der Waals surface area contributed by atoms with Gasteiger partial charge in [-0.15, -0.1) is 0 Å². The first-order valence-corrected chi connectivity index (χ1v) is 13.3. The first-order chi connectivity index (χ1) is 18.7. The van der Waals surface area contributed by atoms with Crippen LogP contribution in [0.3, 0.4) is 0 Å². The fraction of sp³-hybridized carbons (Fsp3) is 0.519. The van der Waals surface area contributed by atoms with Crippen molar-refractivity contribution in [1.29, 1.82) is 0 Å². The number of aliphatic hydroxyl groups is 1. The number of alkyl halides is 3. The van der Waals surface area contributed by atoms with E-state index in [-0.39, 0.29) is 17.5 Å². The number of aromatic nitrogens is 4. The van der Waals surface area contributed by atoms with Gasteiger partial charge in [0.05, 0.1) is 11.3 Å². The fourth-order valence-corrected chi connectivity index (χ4v) is 6.15. The second kappa shape index (κ2) is 10.1. The monoisotopic (exact) mass is 545 g/mol. The normalized spacial score (nSPS) is 22.7. The Morgan fingerprint density at radius 2 is 1.87 bits per heavy atom. The molecule has 6 rings (SSSR count). The highest BCUT2D eigenvalue weighted by Gasteiger charge is 2.35. The lowest BCUT2D eigenvalue weighted by Crippen LogP contribution is -2.37. The smallest absolute Gasteiger partial charge is 0.373 e. The van der Waals surface area contributed by atoms with Gasteiger partial charge >= 0.3 is 6.18 Å². The summed E-state index contributed by atoms with van der Waals surface area (Å²) in [5, 5.41) is 13.0. The third-order valence-corrected chi connectivity index (χ3v) is 8.10. The zero-order valence-corrected chi connectivity index (χ0v) is 21.6. The molecule has 0 radical (unpaired) electrons. The quantitative estimate of drug-likeness (QED) is 0.470. The summed E-state index contributed by atoms with van der Waals surface area (Å²) < 4.78 is 56.4. The molecule has 3 aliphatic heterocycles. The summed E-state index contributed by atoms with van der Waals surface area (Å²) in [6.45, 7) is 3.30. The van der Waals surface area contributed by atoms with Crippen molar-refractivity contribution < 1.29 is 22.7 Å². The SMILES string of the molecule is CN1CCC[C@@H](n2cc(-c3ccc(F)c(C(F)(F)F)c3)nc2C2CCN(c3ncnc4c3CC(O)N4)CC2)C1. The molecule has 2 saturated heterocycles. The number of nitrogens with one attached hydrogen (secondary N) is 1. The number of hydrogen-bond donors (Lipinski definition) is 2. The number of nitrogens with zero attached hydrogens (tertiary/aromatic N) is 6. The number of likely N-dealkylation sites (tertiary alicyclic amines) is 1. The molecule has 2 fully saturated rings. The van der Waals surface area contributed by atoms with Gasteiger partial charge in [-0.25, -0.2) is 19.3 Å². The highest BCUT2D eigenvalue weighted by atomic mass is 19.4. The summed E-state index contributed by atoms with van der Waals surface area (Å²) >= 11 is 0. The average molecular weight is 546 g/mol. The number of fused-ring (bicyclic) bond motifs is 1. The van der Waals surface area contributed by atoms with Crippen molar-refractivity contribution in [2.75, 3.05) is 43.4 Å². The Bertz CT molecular complexity index is 1350. The molecule has 0 bridgehead atoms. The van der Waals surface area contributed by atoms with Crippen LogP contribution < -0.4 is 10.2 Å². The second-order valence-corrected chi connectivity index (χ2v) is 10.8. The average Bonchev–Trinajstić information content (AvgIpc) is 3.52. The van der Waals surface area contributed by atoms with Gasteiger partial charge in [0.2, 0.25) is 0 Å². The number of imidazole rings is 1. The van der Waals surface area contributed by atoms with E-state index in [4.69, 9.17) is 4.98 Å². The van der Waals surface area contributed by atoms with Crippen molar-refractivity contribution in [1.82, 2.24) is 24.4 Å². The third kappa shape index (κ3) is 5.07. The van der Waals surface area contributed by atoms with Crippen molar-refractivity contribution in [3.05, 3.63) is 53.5 Å². The van der Waals surface area contributed by atoms with E-state index in [1.807, 2.05) is 6.20 Å². The number of anilines is 2. The lowest BCUT2D eigenvalue weighted by molar-refractivity contribution is -0.139. The van der Waals surface area contributed by atoms with Crippen molar-refractivity contribution in [3.8, 4) is 11.3 Å². The standard InChI is InChI=1S/C27H31F4N7O/c1-36-8-2-3-18(13-36)38-14-22(17-4-5-21(28)20(11-17)27(29,30)31)34-25(38)16-6-9-37(10-7-16)26-19-12-23(39)35-24(19)32-15-33-26/h4-5,11,14-16,18,23,39H,2-3,6-10,12-13H2,1H3,(H,32,33,35)/t18-,23?/m1/s1. The molecule has 1 aromatic carbocycles. The van der Waals surface area contributed by atoms with E-state index < -0.39 is 23.8 Å². The van der Waals surface area contributed by atoms with Crippen molar-refractivity contribution in [2.45, 2.75) is 56.5 Å². The van der Waals surface area contributed by atoms with Gasteiger partial charge in [-0.05, 0) is 57.5 Å². The van der Waals surface area contributed by atoms with Crippen LogP contribution in [0.25, 0.3) is 11.3 Å². The first-order valence-electron chi connectivity index (χ1n) is 13.3. The van der Waals surface area contributed by atoms with Gasteiger partial charge in [0.1, 0.15) is 35.8 Å². The number of hydrogen-bond acceptors (Lipinski definition) is 7. The minimum Gasteiger partial charge on any atom is -0.373 e. The molecule has 1 unspecified atom stereocenters. The topological polar surface area (TPSA) is 82.3 Å². The number of likely N-dealkylation sites (N-methyl/N-ethyl adjacent to an activating group) is 1. The molecule has 208 valence electrons. The van der Waals surface area contributed by atoms with Crippen LogP contribution in [0.2, 0.25) is 0 Å². The van der Waals surface area contributed by atoms with Crippen LogP contribution in [0.4, 0.5) is 29.2 Å². The summed E-state index contributed by atoms with van der Waals surface area (Å²) in [6, 6.07) is 3.27. The highest BCUT2D eigenvalue weighted by Crippen LogP contribution is 2.39. The predicted octanol–water partition coefficient (Wildman–Crippen LogP) is 4.44. The van der Waals surface area contributed by atoms with Crippen molar-refractivity contribution in [3.63, 3.8) is 0 Å².